The van der Waals surface area contributed by atoms with Crippen molar-refractivity contribution in [3.05, 3.63) is 63.7 Å². The summed E-state index contributed by atoms with van der Waals surface area (Å²) < 4.78 is 6.12. The number of carbonyl (C=O) groups excluding carboxylic acids is 1. The summed E-state index contributed by atoms with van der Waals surface area (Å²) in [6, 6.07) is 12.3. The van der Waals surface area contributed by atoms with E-state index in [-0.39, 0.29) is 12.0 Å². The lowest BCUT2D eigenvalue weighted by Gasteiger charge is -2.48. The van der Waals surface area contributed by atoms with E-state index in [4.69, 9.17) is 16.3 Å². The minimum Gasteiger partial charge on any atom is -0.492 e. The molecule has 0 bridgehead atoms. The molecule has 36 heavy (non-hydrogen) atoms. The standard InChI is InChI=1S/C29H40ClN3O3/c1-20(34)18-31(4)16-17-36-28-13-12-26(21(2)22(28)3)27-7-5-6-25-19-32(14-15-33(25)27)29(35)23-8-10-24(30)11-9-23/h8-13,20,25,27,34H,5-7,14-19H2,1-4H3/t20?,25-,27+/m0/s1. The van der Waals surface area contributed by atoms with Gasteiger partial charge in [-0.1, -0.05) is 17.7 Å². The van der Waals surface area contributed by atoms with Gasteiger partial charge in [0.1, 0.15) is 12.4 Å². The highest BCUT2D eigenvalue weighted by Crippen LogP contribution is 2.39. The molecule has 2 saturated heterocycles. The van der Waals surface area contributed by atoms with E-state index in [0.717, 1.165) is 44.8 Å². The molecule has 3 atom stereocenters. The Balaban J connectivity index is 1.41. The van der Waals surface area contributed by atoms with Gasteiger partial charge in [-0.3, -0.25) is 9.69 Å². The smallest absolute Gasteiger partial charge is 0.253 e. The van der Waals surface area contributed by atoms with Crippen molar-refractivity contribution in [3.63, 3.8) is 0 Å². The number of nitrogens with zero attached hydrogens (tertiary/aromatic N) is 3. The van der Waals surface area contributed by atoms with E-state index in [2.05, 4.69) is 35.8 Å². The van der Waals surface area contributed by atoms with Crippen LogP contribution >= 0.6 is 11.6 Å². The molecule has 1 unspecified atom stereocenters. The third-order valence-electron chi connectivity index (χ3n) is 7.77. The number of rotatable bonds is 8. The second-order valence-electron chi connectivity index (χ2n) is 10.5. The van der Waals surface area contributed by atoms with Crippen molar-refractivity contribution >= 4 is 17.5 Å². The van der Waals surface area contributed by atoms with Gasteiger partial charge in [-0.05, 0) is 94.1 Å². The first-order valence-electron chi connectivity index (χ1n) is 13.1. The quantitative estimate of drug-likeness (QED) is 0.554. The van der Waals surface area contributed by atoms with E-state index >= 15 is 0 Å². The van der Waals surface area contributed by atoms with Gasteiger partial charge in [-0.25, -0.2) is 0 Å². The zero-order valence-corrected chi connectivity index (χ0v) is 22.8. The molecule has 4 rings (SSSR count). The highest BCUT2D eigenvalue weighted by molar-refractivity contribution is 6.30. The topological polar surface area (TPSA) is 56.3 Å². The number of aliphatic hydroxyl groups excluding tert-OH is 1. The minimum atomic E-state index is -0.338. The number of hydrogen-bond donors (Lipinski definition) is 1. The summed E-state index contributed by atoms with van der Waals surface area (Å²) in [7, 11) is 2.00. The fourth-order valence-corrected chi connectivity index (χ4v) is 5.86. The largest absolute Gasteiger partial charge is 0.492 e. The van der Waals surface area contributed by atoms with Crippen molar-refractivity contribution in [2.75, 3.05) is 46.4 Å². The first-order chi connectivity index (χ1) is 17.2. The fourth-order valence-electron chi connectivity index (χ4n) is 5.73. The molecule has 196 valence electrons. The number of amides is 1. The average Bonchev–Trinajstić information content (AvgIpc) is 2.85. The Morgan fingerprint density at radius 1 is 1.14 bits per heavy atom. The Hall–Kier alpha value is -2.12. The Kier molecular flexibility index (Phi) is 8.94. The van der Waals surface area contributed by atoms with Crippen LogP contribution in [-0.4, -0.2) is 84.2 Å². The summed E-state index contributed by atoms with van der Waals surface area (Å²) in [5, 5.41) is 10.2. The van der Waals surface area contributed by atoms with Gasteiger partial charge in [0.2, 0.25) is 0 Å². The number of ether oxygens (including phenoxy) is 1. The van der Waals surface area contributed by atoms with Crippen LogP contribution in [-0.2, 0) is 0 Å². The lowest BCUT2D eigenvalue weighted by molar-refractivity contribution is 0.0101. The second-order valence-corrected chi connectivity index (χ2v) is 10.9. The van der Waals surface area contributed by atoms with E-state index in [9.17, 15) is 9.90 Å². The summed E-state index contributed by atoms with van der Waals surface area (Å²) in [6.07, 6.45) is 3.10. The summed E-state index contributed by atoms with van der Waals surface area (Å²) in [4.78, 5) is 19.8. The number of fused-ring (bicyclic) bond motifs is 1. The summed E-state index contributed by atoms with van der Waals surface area (Å²) in [5.74, 6) is 1.04. The Morgan fingerprint density at radius 2 is 1.89 bits per heavy atom. The minimum absolute atomic E-state index is 0.0982. The third-order valence-corrected chi connectivity index (χ3v) is 8.02. The van der Waals surface area contributed by atoms with Gasteiger partial charge in [0.15, 0.2) is 0 Å². The van der Waals surface area contributed by atoms with Crippen molar-refractivity contribution in [2.45, 2.75) is 58.2 Å². The summed E-state index contributed by atoms with van der Waals surface area (Å²) >= 11 is 6.01. The lowest BCUT2D eigenvalue weighted by Crippen LogP contribution is -2.57. The second kappa shape index (κ2) is 12.0. The maximum absolute atomic E-state index is 13.1. The number of hydrogen-bond acceptors (Lipinski definition) is 5. The molecule has 0 aliphatic carbocycles. The monoisotopic (exact) mass is 513 g/mol. The Morgan fingerprint density at radius 3 is 2.61 bits per heavy atom. The third kappa shape index (κ3) is 6.23. The highest BCUT2D eigenvalue weighted by Gasteiger charge is 2.37. The van der Waals surface area contributed by atoms with Gasteiger partial charge in [0.05, 0.1) is 6.10 Å². The van der Waals surface area contributed by atoms with Crippen LogP contribution in [0.2, 0.25) is 5.02 Å². The van der Waals surface area contributed by atoms with Crippen molar-refractivity contribution in [1.82, 2.24) is 14.7 Å². The maximum Gasteiger partial charge on any atom is 0.253 e. The molecule has 6 nitrogen and oxygen atoms in total. The van der Waals surface area contributed by atoms with Gasteiger partial charge in [-0.15, -0.1) is 0 Å². The molecule has 0 radical (unpaired) electrons. The van der Waals surface area contributed by atoms with Crippen LogP contribution in [0.1, 0.15) is 59.3 Å². The molecule has 2 heterocycles. The van der Waals surface area contributed by atoms with Gasteiger partial charge < -0.3 is 19.6 Å². The number of piperidine rings is 1. The molecule has 2 aliphatic rings. The molecular formula is C29H40ClN3O3. The molecule has 2 aliphatic heterocycles. The van der Waals surface area contributed by atoms with E-state index in [1.54, 1.807) is 19.1 Å². The SMILES string of the molecule is Cc1c(OCCN(C)CC(C)O)ccc([C@H]2CCC[C@H]3CN(C(=O)c4ccc(Cl)cc4)CCN32)c1C. The molecule has 1 amide bonds. The number of halogens is 1. The van der Waals surface area contributed by atoms with E-state index in [1.165, 1.54) is 23.1 Å². The van der Waals surface area contributed by atoms with Crippen LogP contribution in [0, 0.1) is 13.8 Å². The van der Waals surface area contributed by atoms with Crippen LogP contribution in [0.3, 0.4) is 0 Å². The van der Waals surface area contributed by atoms with Crippen molar-refractivity contribution < 1.29 is 14.6 Å². The van der Waals surface area contributed by atoms with Gasteiger partial charge in [0, 0.05) is 55.4 Å². The number of likely N-dealkylation sites (N-methyl/N-ethyl adjacent to an activating group) is 1. The number of piperazine rings is 1. The molecule has 2 fully saturated rings. The highest BCUT2D eigenvalue weighted by atomic mass is 35.5. The van der Waals surface area contributed by atoms with Gasteiger partial charge in [0.25, 0.3) is 5.91 Å². The zero-order valence-electron chi connectivity index (χ0n) is 22.0. The molecule has 0 saturated carbocycles. The molecule has 7 heteroatoms. The van der Waals surface area contributed by atoms with E-state index in [1.807, 2.05) is 24.1 Å². The van der Waals surface area contributed by atoms with Gasteiger partial charge in [-0.2, -0.15) is 0 Å². The van der Waals surface area contributed by atoms with E-state index < -0.39 is 0 Å². The van der Waals surface area contributed by atoms with Crippen LogP contribution in [0.4, 0.5) is 0 Å². The normalized spacial score (nSPS) is 21.4. The molecule has 1 N–H and O–H groups in total. The predicted octanol–water partition coefficient (Wildman–Crippen LogP) is 4.70. The Bertz CT molecular complexity index is 1040. The molecule has 2 aromatic carbocycles. The van der Waals surface area contributed by atoms with Crippen molar-refractivity contribution in [3.8, 4) is 5.75 Å². The van der Waals surface area contributed by atoms with Crippen LogP contribution < -0.4 is 4.74 Å². The number of aliphatic hydroxyl groups is 1. The molecule has 0 aromatic heterocycles. The van der Waals surface area contributed by atoms with Crippen LogP contribution in [0.15, 0.2) is 36.4 Å². The summed E-state index contributed by atoms with van der Waals surface area (Å²) in [6.45, 7) is 10.6. The molecule has 2 aromatic rings. The van der Waals surface area contributed by atoms with Crippen LogP contribution in [0.5, 0.6) is 5.75 Å². The lowest BCUT2D eigenvalue weighted by atomic mass is 9.86. The molecular weight excluding hydrogens is 474 g/mol. The maximum atomic E-state index is 13.1. The predicted molar refractivity (Wildman–Crippen MR) is 145 cm³/mol. The van der Waals surface area contributed by atoms with Crippen molar-refractivity contribution in [1.29, 1.82) is 0 Å². The number of carbonyl (C=O) groups is 1. The first-order valence-corrected chi connectivity index (χ1v) is 13.5. The Labute approximate surface area is 220 Å². The van der Waals surface area contributed by atoms with Crippen LogP contribution in [0.25, 0.3) is 0 Å². The summed E-state index contributed by atoms with van der Waals surface area (Å²) in [5.41, 5.74) is 4.59. The molecule has 0 spiro atoms. The average molecular weight is 514 g/mol. The zero-order chi connectivity index (χ0) is 25.8. The first kappa shape index (κ1) is 26.9. The number of benzene rings is 2. The van der Waals surface area contributed by atoms with E-state index in [0.29, 0.717) is 35.8 Å². The van der Waals surface area contributed by atoms with Crippen molar-refractivity contribution in [2.24, 2.45) is 0 Å². The fraction of sp³-hybridized carbons (Fsp3) is 0.552. The van der Waals surface area contributed by atoms with Gasteiger partial charge >= 0.3 is 0 Å².